The molecule has 1 unspecified atom stereocenters. The average Bonchev–Trinajstić information content (AvgIpc) is 3.10. The summed E-state index contributed by atoms with van der Waals surface area (Å²) < 4.78 is 25.5. The lowest BCUT2D eigenvalue weighted by Gasteiger charge is -2.27. The molecule has 8 heteroatoms. The van der Waals surface area contributed by atoms with Crippen LogP contribution in [0.25, 0.3) is 0 Å². The number of ketones is 1. The molecule has 0 bridgehead atoms. The number of nitrogens with zero attached hydrogens (tertiary/aromatic N) is 2. The van der Waals surface area contributed by atoms with Gasteiger partial charge in [-0.2, -0.15) is 5.26 Å². The SMILES string of the molecule is N#CCNC(=O)[C@H](CS(=O)(=O)Cc1ccccc1)N1C=C2C=CCC(=O)C2C1. The molecular formula is C20H21N3O4S. The fourth-order valence-electron chi connectivity index (χ4n) is 3.46. The van der Waals surface area contributed by atoms with Gasteiger partial charge in [-0.1, -0.05) is 42.5 Å². The van der Waals surface area contributed by atoms with Crippen molar-refractivity contribution in [2.24, 2.45) is 5.92 Å². The van der Waals surface area contributed by atoms with Crippen LogP contribution in [0.3, 0.4) is 0 Å². The Kier molecular flexibility index (Phi) is 5.95. The van der Waals surface area contributed by atoms with Crippen molar-refractivity contribution in [3.05, 3.63) is 59.8 Å². The summed E-state index contributed by atoms with van der Waals surface area (Å²) in [6, 6.07) is 9.59. The number of amides is 1. The molecule has 1 aromatic carbocycles. The van der Waals surface area contributed by atoms with E-state index in [2.05, 4.69) is 5.32 Å². The Bertz CT molecular complexity index is 961. The number of Topliss-reactive ketones (excluding diaryl/α,β-unsaturated/α-hetero) is 1. The van der Waals surface area contributed by atoms with Gasteiger partial charge in [0.2, 0.25) is 5.91 Å². The molecule has 1 N–H and O–H groups in total. The molecule has 0 saturated carbocycles. The highest BCUT2D eigenvalue weighted by Gasteiger charge is 2.37. The van der Waals surface area contributed by atoms with Crippen molar-refractivity contribution in [2.45, 2.75) is 18.2 Å². The highest BCUT2D eigenvalue weighted by molar-refractivity contribution is 7.90. The van der Waals surface area contributed by atoms with E-state index in [-0.39, 0.29) is 30.5 Å². The standard InChI is InChI=1S/C20H21N3O4S/c21-9-10-22-20(25)18(14-28(26,27)13-15-5-2-1-3-6-15)23-11-16-7-4-8-19(24)17(16)12-23/h1-7,11,17-18H,8,10,12-14H2,(H,22,25)/t17?,18-/m0/s1. The minimum atomic E-state index is -3.61. The third-order valence-corrected chi connectivity index (χ3v) is 6.41. The summed E-state index contributed by atoms with van der Waals surface area (Å²) in [5.41, 5.74) is 1.43. The first kappa shape index (κ1) is 19.8. The number of nitrogens with one attached hydrogen (secondary N) is 1. The fourth-order valence-corrected chi connectivity index (χ4v) is 5.10. The van der Waals surface area contributed by atoms with E-state index in [0.717, 1.165) is 5.57 Å². The normalized spacial score (nSPS) is 19.5. The van der Waals surface area contributed by atoms with Gasteiger partial charge < -0.3 is 10.2 Å². The van der Waals surface area contributed by atoms with Crippen molar-refractivity contribution < 1.29 is 18.0 Å². The van der Waals surface area contributed by atoms with Crippen LogP contribution in [-0.2, 0) is 25.2 Å². The molecule has 2 aliphatic rings. The van der Waals surface area contributed by atoms with Crippen LogP contribution < -0.4 is 5.32 Å². The molecular weight excluding hydrogens is 378 g/mol. The zero-order valence-electron chi connectivity index (χ0n) is 15.2. The van der Waals surface area contributed by atoms with Crippen LogP contribution in [0.2, 0.25) is 0 Å². The van der Waals surface area contributed by atoms with Gasteiger partial charge in [-0.15, -0.1) is 0 Å². The topological polar surface area (TPSA) is 107 Å². The maximum atomic E-state index is 12.8. The maximum absolute atomic E-state index is 12.8. The first-order chi connectivity index (χ1) is 13.4. The number of benzene rings is 1. The zero-order chi connectivity index (χ0) is 20.1. The Morgan fingerprint density at radius 3 is 2.75 bits per heavy atom. The summed E-state index contributed by atoms with van der Waals surface area (Å²) in [6.07, 6.45) is 5.64. The molecule has 1 heterocycles. The van der Waals surface area contributed by atoms with E-state index in [4.69, 9.17) is 5.26 Å². The van der Waals surface area contributed by atoms with E-state index in [1.807, 2.05) is 12.1 Å². The molecule has 1 aromatic rings. The second-order valence-corrected chi connectivity index (χ2v) is 8.99. The average molecular weight is 399 g/mol. The number of carbonyl (C=O) groups is 2. The molecule has 1 aliphatic heterocycles. The van der Waals surface area contributed by atoms with Gasteiger partial charge in [0.25, 0.3) is 0 Å². The molecule has 1 aliphatic carbocycles. The molecule has 0 aromatic heterocycles. The molecule has 0 radical (unpaired) electrons. The van der Waals surface area contributed by atoms with Crippen molar-refractivity contribution in [1.82, 2.24) is 10.2 Å². The second kappa shape index (κ2) is 8.40. The fraction of sp³-hybridized carbons (Fsp3) is 0.350. The third-order valence-electron chi connectivity index (χ3n) is 4.81. The van der Waals surface area contributed by atoms with Crippen LogP contribution in [0.4, 0.5) is 0 Å². The van der Waals surface area contributed by atoms with Crippen LogP contribution in [0.15, 0.2) is 54.3 Å². The third kappa shape index (κ3) is 4.67. The van der Waals surface area contributed by atoms with Gasteiger partial charge >= 0.3 is 0 Å². The largest absolute Gasteiger partial charge is 0.363 e. The van der Waals surface area contributed by atoms with Crippen molar-refractivity contribution >= 4 is 21.5 Å². The zero-order valence-corrected chi connectivity index (χ0v) is 16.1. The predicted octanol–water partition coefficient (Wildman–Crippen LogP) is 0.954. The van der Waals surface area contributed by atoms with Gasteiger partial charge in [0.15, 0.2) is 9.84 Å². The number of sulfone groups is 1. The first-order valence-electron chi connectivity index (χ1n) is 8.95. The number of fused-ring (bicyclic) bond motifs is 1. The minimum absolute atomic E-state index is 0.0552. The number of nitriles is 1. The number of hydrogen-bond acceptors (Lipinski definition) is 6. The first-order valence-corrected chi connectivity index (χ1v) is 10.8. The second-order valence-electron chi connectivity index (χ2n) is 6.88. The van der Waals surface area contributed by atoms with E-state index in [0.29, 0.717) is 12.0 Å². The number of allylic oxidation sites excluding steroid dienone is 2. The molecule has 7 nitrogen and oxygen atoms in total. The molecule has 1 amide bonds. The van der Waals surface area contributed by atoms with E-state index < -0.39 is 27.5 Å². The predicted molar refractivity (Wildman–Crippen MR) is 103 cm³/mol. The van der Waals surface area contributed by atoms with E-state index in [1.165, 1.54) is 0 Å². The summed E-state index contributed by atoms with van der Waals surface area (Å²) in [7, 11) is -3.61. The summed E-state index contributed by atoms with van der Waals surface area (Å²) in [4.78, 5) is 26.4. The maximum Gasteiger partial charge on any atom is 0.244 e. The van der Waals surface area contributed by atoms with Gasteiger partial charge in [0.05, 0.1) is 23.5 Å². The number of rotatable bonds is 7. The van der Waals surface area contributed by atoms with Crippen molar-refractivity contribution in [3.63, 3.8) is 0 Å². The highest BCUT2D eigenvalue weighted by Crippen LogP contribution is 2.30. The molecule has 0 fully saturated rings. The highest BCUT2D eigenvalue weighted by atomic mass is 32.2. The summed E-state index contributed by atoms with van der Waals surface area (Å²) in [5, 5.41) is 11.2. The Morgan fingerprint density at radius 2 is 2.07 bits per heavy atom. The Balaban J connectivity index is 1.81. The van der Waals surface area contributed by atoms with Gasteiger partial charge in [-0.3, -0.25) is 9.59 Å². The lowest BCUT2D eigenvalue weighted by Crippen LogP contribution is -2.49. The number of hydrogen-bond donors (Lipinski definition) is 1. The lowest BCUT2D eigenvalue weighted by atomic mass is 9.90. The number of carbonyl (C=O) groups excluding carboxylic acids is 2. The van der Waals surface area contributed by atoms with Crippen LogP contribution in [0.5, 0.6) is 0 Å². The van der Waals surface area contributed by atoms with Crippen LogP contribution in [0.1, 0.15) is 12.0 Å². The monoisotopic (exact) mass is 399 g/mol. The summed E-state index contributed by atoms with van der Waals surface area (Å²) >= 11 is 0. The molecule has 28 heavy (non-hydrogen) atoms. The summed E-state index contributed by atoms with van der Waals surface area (Å²) in [6.45, 7) is 0.0603. The van der Waals surface area contributed by atoms with Gasteiger partial charge in [0, 0.05) is 19.2 Å². The molecule has 0 saturated heterocycles. The van der Waals surface area contributed by atoms with Crippen LogP contribution >= 0.6 is 0 Å². The van der Waals surface area contributed by atoms with E-state index >= 15 is 0 Å². The van der Waals surface area contributed by atoms with Crippen molar-refractivity contribution in [2.75, 3.05) is 18.8 Å². The van der Waals surface area contributed by atoms with Gasteiger partial charge in [-0.05, 0) is 11.1 Å². The van der Waals surface area contributed by atoms with Crippen molar-refractivity contribution in [1.29, 1.82) is 5.26 Å². The van der Waals surface area contributed by atoms with E-state index in [9.17, 15) is 18.0 Å². The van der Waals surface area contributed by atoms with Gasteiger partial charge in [-0.25, -0.2) is 8.42 Å². The Labute approximate surface area is 164 Å². The van der Waals surface area contributed by atoms with Crippen LogP contribution in [0, 0.1) is 17.2 Å². The van der Waals surface area contributed by atoms with Gasteiger partial charge in [0.1, 0.15) is 18.4 Å². The summed E-state index contributed by atoms with van der Waals surface area (Å²) in [5.74, 6) is -1.39. The quantitative estimate of drug-likeness (QED) is 0.684. The molecule has 2 atom stereocenters. The van der Waals surface area contributed by atoms with Crippen LogP contribution in [-0.4, -0.2) is 49.9 Å². The van der Waals surface area contributed by atoms with Crippen molar-refractivity contribution in [3.8, 4) is 6.07 Å². The molecule has 146 valence electrons. The lowest BCUT2D eigenvalue weighted by molar-refractivity contribution is -0.126. The van der Waals surface area contributed by atoms with E-state index in [1.54, 1.807) is 47.5 Å². The smallest absolute Gasteiger partial charge is 0.244 e. The molecule has 3 rings (SSSR count). The minimum Gasteiger partial charge on any atom is -0.363 e. The Morgan fingerprint density at radius 1 is 1.32 bits per heavy atom. The molecule has 0 spiro atoms. The Hall–Kier alpha value is -2.92.